The number of aromatic nitrogens is 2. The van der Waals surface area contributed by atoms with Crippen molar-refractivity contribution in [3.63, 3.8) is 0 Å². The van der Waals surface area contributed by atoms with Crippen molar-refractivity contribution in [3.8, 4) is 0 Å². The summed E-state index contributed by atoms with van der Waals surface area (Å²) in [5.74, 6) is -0.385. The van der Waals surface area contributed by atoms with Gasteiger partial charge in [-0.25, -0.2) is 0 Å². The molecule has 1 amide bonds. The standard InChI is InChI=1S/C15H9Cl2N3O/c16-9-3-1-4-10(17)13(9)15(21)20-12-6-2-5-11-14(12)19-8-7-18-11/h1-8H,(H,20,21). The summed E-state index contributed by atoms with van der Waals surface area (Å²) >= 11 is 12.1. The number of rotatable bonds is 2. The van der Waals surface area contributed by atoms with Gasteiger partial charge >= 0.3 is 0 Å². The molecule has 0 saturated carbocycles. The van der Waals surface area contributed by atoms with Crippen LogP contribution in [0, 0.1) is 0 Å². The van der Waals surface area contributed by atoms with Crippen LogP contribution in [0.2, 0.25) is 10.0 Å². The van der Waals surface area contributed by atoms with Gasteiger partial charge in [-0.05, 0) is 24.3 Å². The van der Waals surface area contributed by atoms with Crippen molar-refractivity contribution in [2.75, 3.05) is 5.32 Å². The fourth-order valence-electron chi connectivity index (χ4n) is 1.99. The molecule has 0 saturated heterocycles. The van der Waals surface area contributed by atoms with Gasteiger partial charge in [0.15, 0.2) is 0 Å². The maximum Gasteiger partial charge on any atom is 0.258 e. The second-order valence-electron chi connectivity index (χ2n) is 4.28. The number of carbonyl (C=O) groups is 1. The number of anilines is 1. The van der Waals surface area contributed by atoms with Crippen LogP contribution in [0.5, 0.6) is 0 Å². The maximum atomic E-state index is 12.4. The number of nitrogens with one attached hydrogen (secondary N) is 1. The molecule has 104 valence electrons. The number of halogens is 2. The molecule has 0 aliphatic rings. The van der Waals surface area contributed by atoms with Gasteiger partial charge in [0.2, 0.25) is 0 Å². The molecule has 0 fully saturated rings. The van der Waals surface area contributed by atoms with E-state index in [0.29, 0.717) is 26.8 Å². The van der Waals surface area contributed by atoms with E-state index in [1.165, 1.54) is 0 Å². The zero-order valence-electron chi connectivity index (χ0n) is 10.7. The van der Waals surface area contributed by atoms with E-state index in [0.717, 1.165) is 0 Å². The van der Waals surface area contributed by atoms with E-state index >= 15 is 0 Å². The van der Waals surface area contributed by atoms with E-state index in [1.54, 1.807) is 42.7 Å². The van der Waals surface area contributed by atoms with Crippen molar-refractivity contribution in [2.24, 2.45) is 0 Å². The molecule has 0 aliphatic heterocycles. The Morgan fingerprint density at radius 3 is 2.38 bits per heavy atom. The predicted octanol–water partition coefficient (Wildman–Crippen LogP) is 4.19. The highest BCUT2D eigenvalue weighted by molar-refractivity contribution is 6.40. The largest absolute Gasteiger partial charge is 0.320 e. The third-order valence-electron chi connectivity index (χ3n) is 2.94. The minimum absolute atomic E-state index is 0.238. The van der Waals surface area contributed by atoms with E-state index in [4.69, 9.17) is 23.2 Å². The number of nitrogens with zero attached hydrogens (tertiary/aromatic N) is 2. The van der Waals surface area contributed by atoms with Crippen LogP contribution in [0.15, 0.2) is 48.8 Å². The average Bonchev–Trinajstić information content (AvgIpc) is 2.47. The van der Waals surface area contributed by atoms with Crippen LogP contribution in [-0.4, -0.2) is 15.9 Å². The van der Waals surface area contributed by atoms with Crippen molar-refractivity contribution in [2.45, 2.75) is 0 Å². The number of fused-ring (bicyclic) bond motifs is 1. The highest BCUT2D eigenvalue weighted by Crippen LogP contribution is 2.26. The van der Waals surface area contributed by atoms with Crippen molar-refractivity contribution in [3.05, 3.63) is 64.4 Å². The summed E-state index contributed by atoms with van der Waals surface area (Å²) in [7, 11) is 0. The van der Waals surface area contributed by atoms with Crippen molar-refractivity contribution >= 4 is 45.8 Å². The van der Waals surface area contributed by atoms with Gasteiger partial charge in [0.1, 0.15) is 5.52 Å². The fourth-order valence-corrected chi connectivity index (χ4v) is 2.56. The Balaban J connectivity index is 2.01. The topological polar surface area (TPSA) is 54.9 Å². The Labute approximate surface area is 130 Å². The molecule has 0 atom stereocenters. The Bertz CT molecular complexity index is 811. The maximum absolute atomic E-state index is 12.4. The first-order chi connectivity index (χ1) is 10.2. The molecule has 3 rings (SSSR count). The van der Waals surface area contributed by atoms with Crippen molar-refractivity contribution in [1.82, 2.24) is 9.97 Å². The molecule has 1 heterocycles. The summed E-state index contributed by atoms with van der Waals surface area (Å²) in [6.07, 6.45) is 3.17. The van der Waals surface area contributed by atoms with E-state index in [1.807, 2.05) is 6.07 Å². The molecule has 4 nitrogen and oxygen atoms in total. The highest BCUT2D eigenvalue weighted by Gasteiger charge is 2.15. The number of benzene rings is 2. The first-order valence-electron chi connectivity index (χ1n) is 6.12. The number of carbonyl (C=O) groups excluding carboxylic acids is 1. The molecular formula is C15H9Cl2N3O. The summed E-state index contributed by atoms with van der Waals surface area (Å²) in [4.78, 5) is 20.8. The summed E-state index contributed by atoms with van der Waals surface area (Å²) in [5, 5.41) is 3.37. The first kappa shape index (κ1) is 13.8. The van der Waals surface area contributed by atoms with E-state index < -0.39 is 0 Å². The van der Waals surface area contributed by atoms with Gasteiger partial charge in [0, 0.05) is 12.4 Å². The molecule has 1 aromatic heterocycles. The molecule has 0 spiro atoms. The van der Waals surface area contributed by atoms with Crippen LogP contribution >= 0.6 is 23.2 Å². The van der Waals surface area contributed by atoms with Gasteiger partial charge in [-0.3, -0.25) is 14.8 Å². The van der Waals surface area contributed by atoms with E-state index in [9.17, 15) is 4.79 Å². The molecule has 6 heteroatoms. The van der Waals surface area contributed by atoms with Crippen LogP contribution < -0.4 is 5.32 Å². The number of amides is 1. The Kier molecular flexibility index (Phi) is 3.73. The fraction of sp³-hybridized carbons (Fsp3) is 0. The lowest BCUT2D eigenvalue weighted by atomic mass is 10.2. The van der Waals surface area contributed by atoms with Crippen LogP contribution in [0.1, 0.15) is 10.4 Å². The quantitative estimate of drug-likeness (QED) is 0.771. The normalized spacial score (nSPS) is 10.6. The molecule has 3 aromatic rings. The molecule has 21 heavy (non-hydrogen) atoms. The van der Waals surface area contributed by atoms with E-state index in [2.05, 4.69) is 15.3 Å². The molecular weight excluding hydrogens is 309 g/mol. The van der Waals surface area contributed by atoms with Gasteiger partial charge in [0.25, 0.3) is 5.91 Å². The van der Waals surface area contributed by atoms with E-state index in [-0.39, 0.29) is 11.5 Å². The Morgan fingerprint density at radius 2 is 1.62 bits per heavy atom. The second-order valence-corrected chi connectivity index (χ2v) is 5.09. The average molecular weight is 318 g/mol. The van der Waals surface area contributed by atoms with Crippen LogP contribution in [0.4, 0.5) is 5.69 Å². The second kappa shape index (κ2) is 5.68. The molecule has 0 unspecified atom stereocenters. The van der Waals surface area contributed by atoms with Crippen LogP contribution in [-0.2, 0) is 0 Å². The molecule has 0 aliphatic carbocycles. The summed E-state index contributed by atoms with van der Waals surface area (Å²) in [6.45, 7) is 0. The van der Waals surface area contributed by atoms with Gasteiger partial charge in [-0.2, -0.15) is 0 Å². The molecule has 0 bridgehead atoms. The lowest BCUT2D eigenvalue weighted by Gasteiger charge is -2.09. The number of hydrogen-bond donors (Lipinski definition) is 1. The van der Waals surface area contributed by atoms with Crippen molar-refractivity contribution < 1.29 is 4.79 Å². The smallest absolute Gasteiger partial charge is 0.258 e. The zero-order chi connectivity index (χ0) is 14.8. The molecule has 2 aromatic carbocycles. The van der Waals surface area contributed by atoms with Gasteiger partial charge in [-0.1, -0.05) is 35.3 Å². The Morgan fingerprint density at radius 1 is 0.952 bits per heavy atom. The monoisotopic (exact) mass is 317 g/mol. The van der Waals surface area contributed by atoms with Gasteiger partial charge in [0.05, 0.1) is 26.8 Å². The van der Waals surface area contributed by atoms with Crippen LogP contribution in [0.3, 0.4) is 0 Å². The first-order valence-corrected chi connectivity index (χ1v) is 6.87. The third-order valence-corrected chi connectivity index (χ3v) is 3.57. The van der Waals surface area contributed by atoms with Gasteiger partial charge < -0.3 is 5.32 Å². The predicted molar refractivity (Wildman–Crippen MR) is 84.0 cm³/mol. The summed E-state index contributed by atoms with van der Waals surface area (Å²) in [5.41, 5.74) is 2.10. The van der Waals surface area contributed by atoms with Gasteiger partial charge in [-0.15, -0.1) is 0 Å². The SMILES string of the molecule is O=C(Nc1cccc2nccnc12)c1c(Cl)cccc1Cl. The lowest BCUT2D eigenvalue weighted by Crippen LogP contribution is -2.13. The highest BCUT2D eigenvalue weighted by atomic mass is 35.5. The Hall–Kier alpha value is -2.17. The number of hydrogen-bond acceptors (Lipinski definition) is 3. The lowest BCUT2D eigenvalue weighted by molar-refractivity contribution is 0.102. The number of para-hydroxylation sites is 1. The van der Waals surface area contributed by atoms with Crippen LogP contribution in [0.25, 0.3) is 11.0 Å². The molecule has 1 N–H and O–H groups in total. The zero-order valence-corrected chi connectivity index (χ0v) is 12.2. The summed E-state index contributed by atoms with van der Waals surface area (Å²) < 4.78 is 0. The molecule has 0 radical (unpaired) electrons. The minimum Gasteiger partial charge on any atom is -0.320 e. The summed E-state index contributed by atoms with van der Waals surface area (Å²) in [6, 6.07) is 10.3. The third kappa shape index (κ3) is 2.68. The minimum atomic E-state index is -0.385. The van der Waals surface area contributed by atoms with Crippen molar-refractivity contribution in [1.29, 1.82) is 0 Å².